The Bertz CT molecular complexity index is 1020. The van der Waals surface area contributed by atoms with Crippen LogP contribution in [0.5, 0.6) is 5.75 Å². The molecule has 0 bridgehead atoms. The van der Waals surface area contributed by atoms with Crippen molar-refractivity contribution in [2.45, 2.75) is 24.7 Å². The molecule has 7 heteroatoms. The normalized spacial score (nSPS) is 11.4. The van der Waals surface area contributed by atoms with Crippen LogP contribution in [0.3, 0.4) is 0 Å². The molecule has 0 atom stereocenters. The first-order valence-electron chi connectivity index (χ1n) is 9.06. The van der Waals surface area contributed by atoms with E-state index in [9.17, 15) is 8.42 Å². The smallest absolute Gasteiger partial charge is 0.244 e. The summed E-state index contributed by atoms with van der Waals surface area (Å²) in [7, 11) is -2.21. The maximum atomic E-state index is 12.7. The van der Waals surface area contributed by atoms with E-state index in [4.69, 9.17) is 4.74 Å². The van der Waals surface area contributed by atoms with Gasteiger partial charge in [-0.25, -0.2) is 23.1 Å². The molecule has 0 aliphatic heterocycles. The summed E-state index contributed by atoms with van der Waals surface area (Å²) in [5.41, 5.74) is 2.74. The molecule has 0 radical (unpaired) electrons. The van der Waals surface area contributed by atoms with Gasteiger partial charge in [-0.05, 0) is 36.1 Å². The fourth-order valence-electron chi connectivity index (χ4n) is 2.78. The van der Waals surface area contributed by atoms with Gasteiger partial charge in [0.1, 0.15) is 10.6 Å². The molecule has 1 aromatic heterocycles. The molecule has 0 saturated heterocycles. The van der Waals surface area contributed by atoms with Crippen molar-refractivity contribution in [3.05, 3.63) is 72.1 Å². The lowest BCUT2D eigenvalue weighted by Gasteiger charge is -2.12. The van der Waals surface area contributed by atoms with E-state index >= 15 is 0 Å². The average Bonchev–Trinajstić information content (AvgIpc) is 2.74. The maximum absolute atomic E-state index is 12.7. The molecule has 3 aromatic rings. The summed E-state index contributed by atoms with van der Waals surface area (Å²) in [5.74, 6) is 0.978. The van der Waals surface area contributed by atoms with Crippen LogP contribution < -0.4 is 9.46 Å². The fourth-order valence-corrected chi connectivity index (χ4v) is 4.03. The Balaban J connectivity index is 1.66. The van der Waals surface area contributed by atoms with Gasteiger partial charge in [-0.15, -0.1) is 0 Å². The van der Waals surface area contributed by atoms with Gasteiger partial charge in [-0.1, -0.05) is 43.3 Å². The molecule has 2 aromatic carbocycles. The average molecular weight is 398 g/mol. The van der Waals surface area contributed by atoms with Crippen molar-refractivity contribution in [2.75, 3.05) is 13.7 Å². The van der Waals surface area contributed by atoms with Crippen LogP contribution in [-0.2, 0) is 22.9 Å². The Labute approximate surface area is 165 Å². The van der Waals surface area contributed by atoms with Gasteiger partial charge in [0.15, 0.2) is 5.82 Å². The Morgan fingerprint density at radius 1 is 1.00 bits per heavy atom. The second-order valence-electron chi connectivity index (χ2n) is 6.27. The summed E-state index contributed by atoms with van der Waals surface area (Å²) in [6, 6.07) is 14.9. The first-order valence-corrected chi connectivity index (χ1v) is 10.5. The highest BCUT2D eigenvalue weighted by molar-refractivity contribution is 7.89. The molecule has 28 heavy (non-hydrogen) atoms. The third kappa shape index (κ3) is 4.74. The number of aromatic nitrogens is 2. The van der Waals surface area contributed by atoms with E-state index in [0.717, 1.165) is 23.1 Å². The number of nitrogens with zero attached hydrogens (tertiary/aromatic N) is 2. The molecule has 0 unspecified atom stereocenters. The van der Waals surface area contributed by atoms with Crippen LogP contribution in [0.1, 0.15) is 18.1 Å². The zero-order valence-corrected chi connectivity index (χ0v) is 16.7. The Morgan fingerprint density at radius 2 is 1.71 bits per heavy atom. The monoisotopic (exact) mass is 397 g/mol. The van der Waals surface area contributed by atoms with Crippen LogP contribution in [0.4, 0.5) is 0 Å². The number of benzene rings is 2. The third-order valence-corrected chi connectivity index (χ3v) is 5.85. The summed E-state index contributed by atoms with van der Waals surface area (Å²) in [4.78, 5) is 8.89. The lowest BCUT2D eigenvalue weighted by atomic mass is 10.2. The van der Waals surface area contributed by atoms with E-state index in [2.05, 4.69) is 14.7 Å². The van der Waals surface area contributed by atoms with Gasteiger partial charge < -0.3 is 4.74 Å². The third-order valence-electron chi connectivity index (χ3n) is 4.37. The summed E-state index contributed by atoms with van der Waals surface area (Å²) in [6.07, 6.45) is 4.69. The number of sulfonamides is 1. The number of rotatable bonds is 8. The molecule has 0 aliphatic rings. The van der Waals surface area contributed by atoms with Gasteiger partial charge in [-0.3, -0.25) is 0 Å². The van der Waals surface area contributed by atoms with Gasteiger partial charge in [0.2, 0.25) is 10.0 Å². The van der Waals surface area contributed by atoms with E-state index in [0.29, 0.717) is 18.0 Å². The number of aryl methyl sites for hydroxylation is 1. The number of hydrogen-bond donors (Lipinski definition) is 1. The van der Waals surface area contributed by atoms with E-state index in [-0.39, 0.29) is 11.4 Å². The van der Waals surface area contributed by atoms with Gasteiger partial charge in [-0.2, -0.15) is 0 Å². The van der Waals surface area contributed by atoms with E-state index in [1.807, 2.05) is 43.3 Å². The summed E-state index contributed by atoms with van der Waals surface area (Å²) in [6.45, 7) is 2.22. The first-order chi connectivity index (χ1) is 13.5. The van der Waals surface area contributed by atoms with Gasteiger partial charge in [0.25, 0.3) is 0 Å². The van der Waals surface area contributed by atoms with Crippen molar-refractivity contribution in [1.82, 2.24) is 14.7 Å². The van der Waals surface area contributed by atoms with Crippen molar-refractivity contribution in [3.8, 4) is 17.1 Å². The predicted octanol–water partition coefficient (Wildman–Crippen LogP) is 3.24. The topological polar surface area (TPSA) is 81.2 Å². The van der Waals surface area contributed by atoms with E-state index < -0.39 is 10.0 Å². The molecule has 0 amide bonds. The van der Waals surface area contributed by atoms with Gasteiger partial charge in [0.05, 0.1) is 7.11 Å². The lowest BCUT2D eigenvalue weighted by molar-refractivity contribution is 0.402. The molecule has 0 fully saturated rings. The van der Waals surface area contributed by atoms with Crippen molar-refractivity contribution in [1.29, 1.82) is 0 Å². The first kappa shape index (κ1) is 20.0. The van der Waals surface area contributed by atoms with E-state index in [1.165, 1.54) is 7.11 Å². The van der Waals surface area contributed by atoms with Crippen molar-refractivity contribution < 1.29 is 13.2 Å². The molecule has 1 heterocycles. The molecular weight excluding hydrogens is 374 g/mol. The van der Waals surface area contributed by atoms with Crippen molar-refractivity contribution in [3.63, 3.8) is 0 Å². The number of hydrogen-bond acceptors (Lipinski definition) is 5. The zero-order chi connectivity index (χ0) is 20.0. The quantitative estimate of drug-likeness (QED) is 0.631. The summed E-state index contributed by atoms with van der Waals surface area (Å²) in [5, 5.41) is 0. The van der Waals surface area contributed by atoms with E-state index in [1.54, 1.807) is 24.5 Å². The second-order valence-corrected chi connectivity index (χ2v) is 8.00. The van der Waals surface area contributed by atoms with Crippen LogP contribution in [0.25, 0.3) is 11.4 Å². The highest BCUT2D eigenvalue weighted by Gasteiger charge is 2.19. The van der Waals surface area contributed by atoms with Gasteiger partial charge >= 0.3 is 0 Å². The lowest BCUT2D eigenvalue weighted by Crippen LogP contribution is -2.26. The van der Waals surface area contributed by atoms with Crippen LogP contribution in [0, 0.1) is 0 Å². The van der Waals surface area contributed by atoms with Crippen LogP contribution in [-0.4, -0.2) is 32.0 Å². The Morgan fingerprint density at radius 3 is 2.36 bits per heavy atom. The van der Waals surface area contributed by atoms with Crippen molar-refractivity contribution >= 4 is 10.0 Å². The van der Waals surface area contributed by atoms with Crippen LogP contribution >= 0.6 is 0 Å². The van der Waals surface area contributed by atoms with Crippen LogP contribution in [0.15, 0.2) is 65.8 Å². The SMILES string of the molecule is CCc1ccc(OC)c(S(=O)(=O)NCCc2cnc(-c3ccccc3)nc2)c1. The second kappa shape index (κ2) is 8.95. The number of ether oxygens (including phenoxy) is 1. The summed E-state index contributed by atoms with van der Waals surface area (Å²) < 4.78 is 33.2. The zero-order valence-electron chi connectivity index (χ0n) is 15.9. The minimum absolute atomic E-state index is 0.157. The number of methoxy groups -OCH3 is 1. The summed E-state index contributed by atoms with van der Waals surface area (Å²) >= 11 is 0. The predicted molar refractivity (Wildman–Crippen MR) is 109 cm³/mol. The van der Waals surface area contributed by atoms with Crippen LogP contribution in [0.2, 0.25) is 0 Å². The standard InChI is InChI=1S/C21H23N3O3S/c1-3-16-9-10-19(27-2)20(13-16)28(25,26)24-12-11-17-14-22-21(23-15-17)18-7-5-4-6-8-18/h4-10,13-15,24H,3,11-12H2,1-2H3. The largest absolute Gasteiger partial charge is 0.495 e. The highest BCUT2D eigenvalue weighted by Crippen LogP contribution is 2.25. The molecule has 6 nitrogen and oxygen atoms in total. The maximum Gasteiger partial charge on any atom is 0.244 e. The molecule has 0 aliphatic carbocycles. The molecule has 0 spiro atoms. The van der Waals surface area contributed by atoms with Gasteiger partial charge in [0, 0.05) is 24.5 Å². The molecule has 3 rings (SSSR count). The van der Waals surface area contributed by atoms with Crippen molar-refractivity contribution in [2.24, 2.45) is 0 Å². The molecule has 1 N–H and O–H groups in total. The fraction of sp³-hybridized carbons (Fsp3) is 0.238. The highest BCUT2D eigenvalue weighted by atomic mass is 32.2. The molecule has 146 valence electrons. The Hall–Kier alpha value is -2.77. The number of nitrogens with one attached hydrogen (secondary N) is 1. The minimum atomic E-state index is -3.67. The minimum Gasteiger partial charge on any atom is -0.495 e. The molecule has 0 saturated carbocycles. The Kier molecular flexibility index (Phi) is 6.38. The molecular formula is C21H23N3O3S.